The van der Waals surface area contributed by atoms with E-state index >= 15 is 0 Å². The van der Waals surface area contributed by atoms with E-state index in [1.807, 2.05) is 38.1 Å². The molecule has 1 aromatic rings. The van der Waals surface area contributed by atoms with Gasteiger partial charge in [-0.25, -0.2) is 0 Å². The Labute approximate surface area is 109 Å². The standard InChI is InChI=1S/C14H22N2O2/c1-11(2)10-14(17)16(9-8-15)12-4-6-13(18-3)7-5-12/h4-7,11H,8-10,15H2,1-3H3. The molecule has 0 radical (unpaired) electrons. The van der Waals surface area contributed by atoms with Crippen molar-refractivity contribution in [2.75, 3.05) is 25.1 Å². The van der Waals surface area contributed by atoms with Gasteiger partial charge in [0.2, 0.25) is 5.91 Å². The Balaban J connectivity index is 2.85. The minimum absolute atomic E-state index is 0.112. The van der Waals surface area contributed by atoms with Crippen molar-refractivity contribution < 1.29 is 9.53 Å². The largest absolute Gasteiger partial charge is 0.497 e. The van der Waals surface area contributed by atoms with Crippen LogP contribution in [0.1, 0.15) is 20.3 Å². The molecule has 0 aliphatic carbocycles. The van der Waals surface area contributed by atoms with Crippen molar-refractivity contribution in [1.29, 1.82) is 0 Å². The number of anilines is 1. The highest BCUT2D eigenvalue weighted by Crippen LogP contribution is 2.20. The summed E-state index contributed by atoms with van der Waals surface area (Å²) in [5.41, 5.74) is 6.44. The predicted molar refractivity (Wildman–Crippen MR) is 73.9 cm³/mol. The Morgan fingerprint density at radius 3 is 2.39 bits per heavy atom. The summed E-state index contributed by atoms with van der Waals surface area (Å²) in [4.78, 5) is 13.9. The molecule has 0 unspecified atom stereocenters. The number of nitrogens with two attached hydrogens (primary N) is 1. The lowest BCUT2D eigenvalue weighted by molar-refractivity contribution is -0.119. The SMILES string of the molecule is COc1ccc(N(CCN)C(=O)CC(C)C)cc1. The summed E-state index contributed by atoms with van der Waals surface area (Å²) >= 11 is 0. The molecule has 1 amide bonds. The van der Waals surface area contributed by atoms with Gasteiger partial charge in [-0.1, -0.05) is 13.8 Å². The van der Waals surface area contributed by atoms with Gasteiger partial charge in [0.25, 0.3) is 0 Å². The molecular formula is C14H22N2O2. The molecule has 1 aromatic carbocycles. The van der Waals surface area contributed by atoms with E-state index in [0.717, 1.165) is 11.4 Å². The number of hydrogen-bond donors (Lipinski definition) is 1. The number of carbonyl (C=O) groups is 1. The second kappa shape index (κ2) is 7.01. The van der Waals surface area contributed by atoms with Crippen LogP contribution in [0.25, 0.3) is 0 Å². The van der Waals surface area contributed by atoms with E-state index in [9.17, 15) is 4.79 Å². The second-order valence-corrected chi connectivity index (χ2v) is 4.63. The van der Waals surface area contributed by atoms with Gasteiger partial charge >= 0.3 is 0 Å². The van der Waals surface area contributed by atoms with Crippen LogP contribution in [-0.4, -0.2) is 26.1 Å². The monoisotopic (exact) mass is 250 g/mol. The number of amides is 1. The zero-order chi connectivity index (χ0) is 13.5. The Morgan fingerprint density at radius 2 is 1.94 bits per heavy atom. The van der Waals surface area contributed by atoms with Crippen LogP contribution in [0.15, 0.2) is 24.3 Å². The fraction of sp³-hybridized carbons (Fsp3) is 0.500. The van der Waals surface area contributed by atoms with Crippen LogP contribution in [0.4, 0.5) is 5.69 Å². The topological polar surface area (TPSA) is 55.6 Å². The van der Waals surface area contributed by atoms with Crippen LogP contribution in [-0.2, 0) is 4.79 Å². The van der Waals surface area contributed by atoms with Crippen LogP contribution in [0.3, 0.4) is 0 Å². The molecule has 0 aliphatic rings. The minimum Gasteiger partial charge on any atom is -0.497 e. The third-order valence-corrected chi connectivity index (χ3v) is 2.62. The van der Waals surface area contributed by atoms with Gasteiger partial charge < -0.3 is 15.4 Å². The van der Waals surface area contributed by atoms with Gasteiger partial charge in [-0.2, -0.15) is 0 Å². The molecular weight excluding hydrogens is 228 g/mol. The maximum atomic E-state index is 12.1. The van der Waals surface area contributed by atoms with Crippen molar-refractivity contribution in [3.05, 3.63) is 24.3 Å². The zero-order valence-corrected chi connectivity index (χ0v) is 11.3. The third-order valence-electron chi connectivity index (χ3n) is 2.62. The summed E-state index contributed by atoms with van der Waals surface area (Å²) in [6.07, 6.45) is 0.534. The first-order valence-corrected chi connectivity index (χ1v) is 6.23. The van der Waals surface area contributed by atoms with Crippen molar-refractivity contribution >= 4 is 11.6 Å². The highest BCUT2D eigenvalue weighted by Gasteiger charge is 2.16. The lowest BCUT2D eigenvalue weighted by Gasteiger charge is -2.23. The number of benzene rings is 1. The van der Waals surface area contributed by atoms with E-state index in [0.29, 0.717) is 25.4 Å². The second-order valence-electron chi connectivity index (χ2n) is 4.63. The lowest BCUT2D eigenvalue weighted by Crippen LogP contribution is -2.35. The number of methoxy groups -OCH3 is 1. The highest BCUT2D eigenvalue weighted by atomic mass is 16.5. The molecule has 18 heavy (non-hydrogen) atoms. The van der Waals surface area contributed by atoms with Crippen LogP contribution in [0.2, 0.25) is 0 Å². The maximum Gasteiger partial charge on any atom is 0.227 e. The number of hydrogen-bond acceptors (Lipinski definition) is 3. The van der Waals surface area contributed by atoms with Crippen LogP contribution in [0.5, 0.6) is 5.75 Å². The van der Waals surface area contributed by atoms with Crippen molar-refractivity contribution in [2.45, 2.75) is 20.3 Å². The molecule has 100 valence electrons. The molecule has 0 atom stereocenters. The van der Waals surface area contributed by atoms with Gasteiger partial charge in [0.1, 0.15) is 5.75 Å². The molecule has 4 nitrogen and oxygen atoms in total. The molecule has 4 heteroatoms. The normalized spacial score (nSPS) is 10.5. The smallest absolute Gasteiger partial charge is 0.227 e. The average molecular weight is 250 g/mol. The molecule has 0 saturated carbocycles. The Bertz CT molecular complexity index is 374. The number of nitrogens with zero attached hydrogens (tertiary/aromatic N) is 1. The van der Waals surface area contributed by atoms with Gasteiger partial charge in [-0.3, -0.25) is 4.79 Å². The first-order chi connectivity index (χ1) is 8.58. The van der Waals surface area contributed by atoms with E-state index in [2.05, 4.69) is 0 Å². The van der Waals surface area contributed by atoms with E-state index < -0.39 is 0 Å². The van der Waals surface area contributed by atoms with Crippen LogP contribution < -0.4 is 15.4 Å². The molecule has 0 fully saturated rings. The van der Waals surface area contributed by atoms with Crippen molar-refractivity contribution in [2.24, 2.45) is 11.7 Å². The predicted octanol–water partition coefficient (Wildman–Crippen LogP) is 2.03. The first-order valence-electron chi connectivity index (χ1n) is 6.23. The number of rotatable bonds is 6. The number of ether oxygens (including phenoxy) is 1. The van der Waals surface area contributed by atoms with Crippen molar-refractivity contribution in [3.63, 3.8) is 0 Å². The zero-order valence-electron chi connectivity index (χ0n) is 11.3. The van der Waals surface area contributed by atoms with Crippen molar-refractivity contribution in [3.8, 4) is 5.75 Å². The molecule has 0 saturated heterocycles. The van der Waals surface area contributed by atoms with Gasteiger partial charge in [0.15, 0.2) is 0 Å². The molecule has 0 heterocycles. The minimum atomic E-state index is 0.112. The summed E-state index contributed by atoms with van der Waals surface area (Å²) in [6, 6.07) is 7.46. The lowest BCUT2D eigenvalue weighted by atomic mass is 10.1. The Morgan fingerprint density at radius 1 is 1.33 bits per heavy atom. The molecule has 0 aromatic heterocycles. The summed E-state index contributed by atoms with van der Waals surface area (Å²) in [6.45, 7) is 5.06. The Hall–Kier alpha value is -1.55. The van der Waals surface area contributed by atoms with Gasteiger partial charge in [0, 0.05) is 25.2 Å². The van der Waals surface area contributed by atoms with E-state index in [1.165, 1.54) is 0 Å². The van der Waals surface area contributed by atoms with E-state index in [1.54, 1.807) is 12.0 Å². The summed E-state index contributed by atoms with van der Waals surface area (Å²) in [7, 11) is 1.62. The van der Waals surface area contributed by atoms with Crippen LogP contribution in [0, 0.1) is 5.92 Å². The molecule has 0 aliphatic heterocycles. The average Bonchev–Trinajstić information content (AvgIpc) is 2.35. The fourth-order valence-corrected chi connectivity index (χ4v) is 1.75. The Kier molecular flexibility index (Phi) is 5.65. The highest BCUT2D eigenvalue weighted by molar-refractivity contribution is 5.93. The number of carbonyl (C=O) groups excluding carboxylic acids is 1. The summed E-state index contributed by atoms with van der Waals surface area (Å²) in [5.74, 6) is 1.24. The first kappa shape index (κ1) is 14.5. The van der Waals surface area contributed by atoms with Crippen molar-refractivity contribution in [1.82, 2.24) is 0 Å². The van der Waals surface area contributed by atoms with Crippen LogP contribution >= 0.6 is 0 Å². The van der Waals surface area contributed by atoms with E-state index in [4.69, 9.17) is 10.5 Å². The van der Waals surface area contributed by atoms with Gasteiger partial charge in [0.05, 0.1) is 7.11 Å². The summed E-state index contributed by atoms with van der Waals surface area (Å²) in [5, 5.41) is 0. The van der Waals surface area contributed by atoms with E-state index in [-0.39, 0.29) is 5.91 Å². The summed E-state index contributed by atoms with van der Waals surface area (Å²) < 4.78 is 5.11. The molecule has 1 rings (SSSR count). The fourth-order valence-electron chi connectivity index (χ4n) is 1.75. The molecule has 0 spiro atoms. The molecule has 2 N–H and O–H groups in total. The quantitative estimate of drug-likeness (QED) is 0.840. The maximum absolute atomic E-state index is 12.1. The molecule has 0 bridgehead atoms. The third kappa shape index (κ3) is 4.04. The van der Waals surface area contributed by atoms with Gasteiger partial charge in [-0.15, -0.1) is 0 Å². The van der Waals surface area contributed by atoms with Gasteiger partial charge in [-0.05, 0) is 30.2 Å².